The lowest BCUT2D eigenvalue weighted by Gasteiger charge is -2.20. The zero-order valence-corrected chi connectivity index (χ0v) is 10.5. The van der Waals surface area contributed by atoms with E-state index < -0.39 is 0 Å². The van der Waals surface area contributed by atoms with Gasteiger partial charge in [-0.15, -0.1) is 0 Å². The molecule has 2 N–H and O–H groups in total. The van der Waals surface area contributed by atoms with Gasteiger partial charge in [0.25, 0.3) is 0 Å². The summed E-state index contributed by atoms with van der Waals surface area (Å²) in [6.45, 7) is 9.45. The van der Waals surface area contributed by atoms with Crippen LogP contribution in [0.25, 0.3) is 0 Å². The molecular formula is C12H22N4. The Morgan fingerprint density at radius 3 is 2.44 bits per heavy atom. The van der Waals surface area contributed by atoms with Crippen molar-refractivity contribution in [1.29, 1.82) is 0 Å². The van der Waals surface area contributed by atoms with Crippen LogP contribution in [0.1, 0.15) is 32.8 Å². The van der Waals surface area contributed by atoms with Gasteiger partial charge in [-0.25, -0.2) is 9.97 Å². The Kier molecular flexibility index (Phi) is 5.35. The lowest BCUT2D eigenvalue weighted by molar-refractivity contribution is 0.418. The molecule has 0 bridgehead atoms. The number of hydrogen-bond acceptors (Lipinski definition) is 4. The van der Waals surface area contributed by atoms with Crippen molar-refractivity contribution in [1.82, 2.24) is 20.6 Å². The summed E-state index contributed by atoms with van der Waals surface area (Å²) in [6, 6.07) is 0. The fourth-order valence-corrected chi connectivity index (χ4v) is 1.33. The van der Waals surface area contributed by atoms with Gasteiger partial charge in [-0.3, -0.25) is 0 Å². The minimum absolute atomic E-state index is 0.216. The Bertz CT molecular complexity index is 279. The average molecular weight is 222 g/mol. The van der Waals surface area contributed by atoms with E-state index in [0.717, 1.165) is 31.6 Å². The van der Waals surface area contributed by atoms with Crippen molar-refractivity contribution in [2.45, 2.75) is 39.3 Å². The van der Waals surface area contributed by atoms with Crippen molar-refractivity contribution in [3.8, 4) is 0 Å². The smallest absolute Gasteiger partial charge is 0.115 e. The molecule has 0 saturated heterocycles. The van der Waals surface area contributed by atoms with Gasteiger partial charge in [0.15, 0.2) is 0 Å². The molecule has 0 radical (unpaired) electrons. The van der Waals surface area contributed by atoms with Crippen molar-refractivity contribution in [2.24, 2.45) is 0 Å². The SMILES string of the molecule is CC(C)(C)NCCCNCc1cncnc1. The van der Waals surface area contributed by atoms with E-state index in [1.807, 2.05) is 12.4 Å². The second-order valence-electron chi connectivity index (χ2n) is 4.95. The zero-order chi connectivity index (χ0) is 11.9. The van der Waals surface area contributed by atoms with Crippen molar-refractivity contribution in [2.75, 3.05) is 13.1 Å². The summed E-state index contributed by atoms with van der Waals surface area (Å²) in [5, 5.41) is 6.82. The molecule has 1 aromatic rings. The van der Waals surface area contributed by atoms with Crippen LogP contribution < -0.4 is 10.6 Å². The molecule has 16 heavy (non-hydrogen) atoms. The molecule has 90 valence electrons. The van der Waals surface area contributed by atoms with Crippen LogP contribution in [0.4, 0.5) is 0 Å². The Morgan fingerprint density at radius 2 is 1.81 bits per heavy atom. The van der Waals surface area contributed by atoms with E-state index in [-0.39, 0.29) is 5.54 Å². The Balaban J connectivity index is 2.01. The standard InChI is InChI=1S/C12H22N4/c1-12(2,3)16-6-4-5-13-7-11-8-14-10-15-9-11/h8-10,13,16H,4-7H2,1-3H3. The van der Waals surface area contributed by atoms with Gasteiger partial charge in [0.1, 0.15) is 6.33 Å². The van der Waals surface area contributed by atoms with Crippen molar-refractivity contribution >= 4 is 0 Å². The molecule has 1 heterocycles. The quantitative estimate of drug-likeness (QED) is 0.713. The maximum Gasteiger partial charge on any atom is 0.115 e. The van der Waals surface area contributed by atoms with E-state index in [0.29, 0.717) is 0 Å². The first kappa shape index (κ1) is 13.1. The maximum absolute atomic E-state index is 3.97. The molecule has 0 fully saturated rings. The summed E-state index contributed by atoms with van der Waals surface area (Å²) < 4.78 is 0. The number of aromatic nitrogens is 2. The largest absolute Gasteiger partial charge is 0.313 e. The van der Waals surface area contributed by atoms with Crippen LogP contribution in [0.3, 0.4) is 0 Å². The molecule has 0 aliphatic heterocycles. The highest BCUT2D eigenvalue weighted by Gasteiger charge is 2.06. The number of hydrogen-bond donors (Lipinski definition) is 2. The second-order valence-corrected chi connectivity index (χ2v) is 4.95. The Morgan fingerprint density at radius 1 is 1.12 bits per heavy atom. The molecule has 4 nitrogen and oxygen atoms in total. The van der Waals surface area contributed by atoms with E-state index in [9.17, 15) is 0 Å². The van der Waals surface area contributed by atoms with Gasteiger partial charge in [-0.05, 0) is 40.3 Å². The predicted molar refractivity (Wildman–Crippen MR) is 66.1 cm³/mol. The van der Waals surface area contributed by atoms with E-state index in [4.69, 9.17) is 0 Å². The third-order valence-electron chi connectivity index (χ3n) is 2.13. The molecular weight excluding hydrogens is 200 g/mol. The third kappa shape index (κ3) is 6.48. The van der Waals surface area contributed by atoms with E-state index >= 15 is 0 Å². The minimum atomic E-state index is 0.216. The molecule has 0 atom stereocenters. The first-order valence-corrected chi connectivity index (χ1v) is 5.77. The summed E-state index contributed by atoms with van der Waals surface area (Å²) in [7, 11) is 0. The van der Waals surface area contributed by atoms with Crippen LogP contribution in [0.15, 0.2) is 18.7 Å². The Labute approximate surface area is 97.9 Å². The van der Waals surface area contributed by atoms with Crippen LogP contribution in [0.5, 0.6) is 0 Å². The number of rotatable bonds is 6. The normalized spacial score (nSPS) is 11.7. The van der Waals surface area contributed by atoms with Gasteiger partial charge in [0, 0.05) is 30.0 Å². The van der Waals surface area contributed by atoms with Gasteiger partial charge in [-0.2, -0.15) is 0 Å². The first-order chi connectivity index (χ1) is 7.58. The minimum Gasteiger partial charge on any atom is -0.313 e. The molecule has 0 unspecified atom stereocenters. The highest BCUT2D eigenvalue weighted by atomic mass is 14.9. The highest BCUT2D eigenvalue weighted by Crippen LogP contribution is 1.97. The van der Waals surface area contributed by atoms with Crippen molar-refractivity contribution < 1.29 is 0 Å². The monoisotopic (exact) mass is 222 g/mol. The molecule has 1 aromatic heterocycles. The van der Waals surface area contributed by atoms with Gasteiger partial charge in [0.2, 0.25) is 0 Å². The summed E-state index contributed by atoms with van der Waals surface area (Å²) in [4.78, 5) is 7.94. The van der Waals surface area contributed by atoms with E-state index in [2.05, 4.69) is 41.4 Å². The van der Waals surface area contributed by atoms with Gasteiger partial charge in [0.05, 0.1) is 0 Å². The van der Waals surface area contributed by atoms with Crippen LogP contribution in [0.2, 0.25) is 0 Å². The lowest BCUT2D eigenvalue weighted by atomic mass is 10.1. The van der Waals surface area contributed by atoms with Gasteiger partial charge in [-0.1, -0.05) is 0 Å². The zero-order valence-electron chi connectivity index (χ0n) is 10.5. The predicted octanol–water partition coefficient (Wildman–Crippen LogP) is 1.34. The average Bonchev–Trinajstić information content (AvgIpc) is 2.23. The number of nitrogens with one attached hydrogen (secondary N) is 2. The maximum atomic E-state index is 3.97. The molecule has 0 aliphatic rings. The van der Waals surface area contributed by atoms with Crippen LogP contribution in [-0.2, 0) is 6.54 Å². The Hall–Kier alpha value is -1.00. The molecule has 0 saturated carbocycles. The fourth-order valence-electron chi connectivity index (χ4n) is 1.33. The van der Waals surface area contributed by atoms with Gasteiger partial charge < -0.3 is 10.6 Å². The molecule has 0 aliphatic carbocycles. The fraction of sp³-hybridized carbons (Fsp3) is 0.667. The van der Waals surface area contributed by atoms with Crippen molar-refractivity contribution in [3.05, 3.63) is 24.3 Å². The van der Waals surface area contributed by atoms with Crippen molar-refractivity contribution in [3.63, 3.8) is 0 Å². The summed E-state index contributed by atoms with van der Waals surface area (Å²) in [5.74, 6) is 0. The molecule has 4 heteroatoms. The highest BCUT2D eigenvalue weighted by molar-refractivity contribution is 5.01. The second kappa shape index (κ2) is 6.55. The van der Waals surface area contributed by atoms with E-state index in [1.54, 1.807) is 6.33 Å². The summed E-state index contributed by atoms with van der Waals surface area (Å²) in [6.07, 6.45) is 6.36. The topological polar surface area (TPSA) is 49.8 Å². The van der Waals surface area contributed by atoms with Crippen LogP contribution in [-0.4, -0.2) is 28.6 Å². The summed E-state index contributed by atoms with van der Waals surface area (Å²) >= 11 is 0. The molecule has 0 aromatic carbocycles. The lowest BCUT2D eigenvalue weighted by Crippen LogP contribution is -2.37. The molecule has 0 spiro atoms. The van der Waals surface area contributed by atoms with Crippen LogP contribution in [0, 0.1) is 0 Å². The van der Waals surface area contributed by atoms with Gasteiger partial charge >= 0.3 is 0 Å². The molecule has 1 rings (SSSR count). The molecule has 0 amide bonds. The number of nitrogens with zero attached hydrogens (tertiary/aromatic N) is 2. The summed E-state index contributed by atoms with van der Waals surface area (Å²) in [5.41, 5.74) is 1.35. The first-order valence-electron chi connectivity index (χ1n) is 5.77. The third-order valence-corrected chi connectivity index (χ3v) is 2.13. The van der Waals surface area contributed by atoms with E-state index in [1.165, 1.54) is 0 Å². The van der Waals surface area contributed by atoms with Crippen LogP contribution >= 0.6 is 0 Å².